The summed E-state index contributed by atoms with van der Waals surface area (Å²) >= 11 is 0. The average Bonchev–Trinajstić information content (AvgIpc) is 3.61. The maximum atomic E-state index is 13.7. The van der Waals surface area contributed by atoms with Crippen molar-refractivity contribution in [2.24, 2.45) is 0 Å². The molecule has 10 heteroatoms. The first kappa shape index (κ1) is 29.5. The Morgan fingerprint density at radius 2 is 1.76 bits per heavy atom. The van der Waals surface area contributed by atoms with Crippen LogP contribution in [-0.4, -0.2) is 81.5 Å². The van der Waals surface area contributed by atoms with Crippen molar-refractivity contribution in [1.82, 2.24) is 24.5 Å². The molecule has 0 amide bonds. The van der Waals surface area contributed by atoms with E-state index >= 15 is 0 Å². The van der Waals surface area contributed by atoms with Gasteiger partial charge in [0.2, 0.25) is 0 Å². The van der Waals surface area contributed by atoms with Crippen molar-refractivity contribution in [2.75, 3.05) is 0 Å². The summed E-state index contributed by atoms with van der Waals surface area (Å²) in [5.74, 6) is 1.42. The number of H-pyrrole nitrogens is 1. The summed E-state index contributed by atoms with van der Waals surface area (Å²) in [5.41, 5.74) is 5.05. The fourth-order valence-electron chi connectivity index (χ4n) is 5.27. The van der Waals surface area contributed by atoms with Crippen molar-refractivity contribution in [1.29, 1.82) is 0 Å². The Morgan fingerprint density at radius 3 is 2.46 bits per heavy atom. The van der Waals surface area contributed by atoms with Crippen molar-refractivity contribution < 1.29 is 9.26 Å². The topological polar surface area (TPSA) is 108 Å². The van der Waals surface area contributed by atoms with Crippen molar-refractivity contribution in [3.05, 3.63) is 105 Å². The molecule has 0 unspecified atom stereocenters. The molecule has 3 aromatic carbocycles. The predicted octanol–water partition coefficient (Wildman–Crippen LogP) is 4.77. The first-order valence-electron chi connectivity index (χ1n) is 13.6. The molecule has 41 heavy (non-hydrogen) atoms. The van der Waals surface area contributed by atoms with Crippen LogP contribution >= 0.6 is 0 Å². The van der Waals surface area contributed by atoms with E-state index in [1.54, 1.807) is 4.57 Å². The molecule has 1 aliphatic heterocycles. The number of hydrogen-bond acceptors (Lipinski definition) is 6. The number of nitrogens with zero attached hydrogens (tertiary/aromatic N) is 4. The second kappa shape index (κ2) is 12.1. The second-order valence-electron chi connectivity index (χ2n) is 10.8. The molecular formula is C31H31KN5O4. The first-order valence-corrected chi connectivity index (χ1v) is 13.6. The van der Waals surface area contributed by atoms with Crippen LogP contribution in [0, 0.1) is 0 Å². The van der Waals surface area contributed by atoms with E-state index in [1.165, 1.54) is 4.68 Å². The van der Waals surface area contributed by atoms with Crippen LogP contribution in [0.25, 0.3) is 28.2 Å². The van der Waals surface area contributed by atoms with Gasteiger partial charge in [0.05, 0.1) is 12.2 Å². The van der Waals surface area contributed by atoms with Gasteiger partial charge in [0.15, 0.2) is 5.82 Å². The van der Waals surface area contributed by atoms with Crippen molar-refractivity contribution in [2.45, 2.75) is 58.6 Å². The smallest absolute Gasteiger partial charge is 0.439 e. The van der Waals surface area contributed by atoms with E-state index in [4.69, 9.17) is 14.4 Å². The number of hydrogen-bond donors (Lipinski definition) is 1. The van der Waals surface area contributed by atoms with Gasteiger partial charge in [-0.2, -0.15) is 4.68 Å². The average molecular weight is 577 g/mol. The van der Waals surface area contributed by atoms with Crippen LogP contribution in [0.15, 0.2) is 80.8 Å². The summed E-state index contributed by atoms with van der Waals surface area (Å²) < 4.78 is 14.0. The third kappa shape index (κ3) is 6.12. The van der Waals surface area contributed by atoms with E-state index in [9.17, 15) is 9.59 Å². The molecule has 205 valence electrons. The number of nitrogens with one attached hydrogen (secondary N) is 1. The number of ether oxygens (including phenoxy) is 1. The van der Waals surface area contributed by atoms with Crippen LogP contribution in [0.5, 0.6) is 5.75 Å². The number of aryl methyl sites for hydroxylation is 1. The Balaban J connectivity index is 0.00000337. The molecule has 0 saturated heterocycles. The number of aromatic nitrogens is 5. The molecule has 0 atom stereocenters. The van der Waals surface area contributed by atoms with Crippen LogP contribution in [0.2, 0.25) is 0 Å². The van der Waals surface area contributed by atoms with Crippen LogP contribution in [0.4, 0.5) is 0 Å². The minimum absolute atomic E-state index is 0. The van der Waals surface area contributed by atoms with Crippen LogP contribution in [0.3, 0.4) is 0 Å². The molecule has 0 fully saturated rings. The molecule has 1 radical (unpaired) electrons. The summed E-state index contributed by atoms with van der Waals surface area (Å²) in [6, 6.07) is 21.6. The molecule has 3 heterocycles. The molecule has 5 aromatic rings. The molecule has 2 aromatic heterocycles. The zero-order valence-electron chi connectivity index (χ0n) is 23.8. The van der Waals surface area contributed by atoms with Gasteiger partial charge in [-0.3, -0.25) is 14.1 Å². The number of fused-ring (bicyclic) bond motifs is 1. The summed E-state index contributed by atoms with van der Waals surface area (Å²) in [5, 5.41) is 8.61. The maximum absolute atomic E-state index is 13.7. The van der Waals surface area contributed by atoms with Crippen LogP contribution in [-0.2, 0) is 19.4 Å². The van der Waals surface area contributed by atoms with Crippen molar-refractivity contribution in [3.8, 4) is 34.0 Å². The Labute approximate surface area is 280 Å². The molecule has 1 N–H and O–H groups in total. The molecule has 6 rings (SSSR count). The monoisotopic (exact) mass is 576 g/mol. The fraction of sp³-hybridized carbons (Fsp3) is 0.290. The van der Waals surface area contributed by atoms with Gasteiger partial charge >= 0.3 is 11.4 Å². The Morgan fingerprint density at radius 1 is 1.00 bits per heavy atom. The van der Waals surface area contributed by atoms with E-state index in [1.807, 2.05) is 66.7 Å². The Hall–Kier alpha value is -3.02. The van der Waals surface area contributed by atoms with E-state index < -0.39 is 5.76 Å². The number of rotatable bonds is 8. The molecule has 0 bridgehead atoms. The second-order valence-corrected chi connectivity index (χ2v) is 10.8. The van der Waals surface area contributed by atoms with Gasteiger partial charge in [0.25, 0.3) is 0 Å². The molecule has 9 nitrogen and oxygen atoms in total. The van der Waals surface area contributed by atoms with E-state index in [-0.39, 0.29) is 62.7 Å². The third-order valence-electron chi connectivity index (χ3n) is 7.21. The zero-order chi connectivity index (χ0) is 27.9. The summed E-state index contributed by atoms with van der Waals surface area (Å²) in [6.07, 6.45) is 3.47. The standard InChI is InChI=1S/C31H31N5O4.K/c1-4-5-10-27-33-36(23-15-16-26-22(17-23)18-31(2,3)39-26)30(38)35(27)19-20-11-13-21(14-12-20)24-8-6-7-9-25(24)28-32-29(37)40-34-28;/h6-9,11-17H,4-5,10,18-19H2,1-3H3,(H,32,34,37);. The first-order chi connectivity index (χ1) is 19.3. The van der Waals surface area contributed by atoms with Gasteiger partial charge in [0, 0.05) is 75.4 Å². The largest absolute Gasteiger partial charge is 0.487 e. The minimum Gasteiger partial charge on any atom is -0.487 e. The third-order valence-corrected chi connectivity index (χ3v) is 7.21. The number of aromatic amines is 1. The van der Waals surface area contributed by atoms with Gasteiger partial charge in [0.1, 0.15) is 17.2 Å². The molecular weight excluding hydrogens is 545 g/mol. The van der Waals surface area contributed by atoms with E-state index in [2.05, 4.69) is 30.9 Å². The number of benzene rings is 3. The molecule has 0 saturated carbocycles. The van der Waals surface area contributed by atoms with Gasteiger partial charge in [-0.05, 0) is 55.2 Å². The fourth-order valence-corrected chi connectivity index (χ4v) is 5.27. The van der Waals surface area contributed by atoms with Gasteiger partial charge in [-0.1, -0.05) is 67.0 Å². The van der Waals surface area contributed by atoms with Crippen LogP contribution in [0.1, 0.15) is 50.6 Å². The van der Waals surface area contributed by atoms with Crippen molar-refractivity contribution >= 4 is 51.4 Å². The Kier molecular flexibility index (Phi) is 8.67. The maximum Gasteiger partial charge on any atom is 0.439 e. The Bertz CT molecular complexity index is 1800. The predicted molar refractivity (Wildman–Crippen MR) is 158 cm³/mol. The molecule has 0 aliphatic carbocycles. The zero-order valence-corrected chi connectivity index (χ0v) is 26.9. The van der Waals surface area contributed by atoms with Gasteiger partial charge < -0.3 is 4.74 Å². The van der Waals surface area contributed by atoms with E-state index in [0.717, 1.165) is 70.8 Å². The summed E-state index contributed by atoms with van der Waals surface area (Å²) in [4.78, 5) is 27.8. The minimum atomic E-state index is -0.595. The molecule has 0 spiro atoms. The summed E-state index contributed by atoms with van der Waals surface area (Å²) in [7, 11) is 0. The van der Waals surface area contributed by atoms with Gasteiger partial charge in [-0.15, -0.1) is 5.10 Å². The van der Waals surface area contributed by atoms with E-state index in [0.29, 0.717) is 12.4 Å². The quantitative estimate of drug-likeness (QED) is 0.267. The SMILES string of the molecule is CCCCc1nn(-c2ccc3c(c2)CC(C)(C)O3)c(=O)n1Cc1ccc(-c2ccccc2-c2noc(=O)[nH]2)cc1.[K]. The number of unbranched alkanes of at least 4 members (excludes halogenated alkanes) is 1. The van der Waals surface area contributed by atoms with Crippen LogP contribution < -0.4 is 16.2 Å². The normalized spacial score (nSPS) is 13.4. The van der Waals surface area contributed by atoms with Crippen molar-refractivity contribution in [3.63, 3.8) is 0 Å². The molecule has 1 aliphatic rings. The summed E-state index contributed by atoms with van der Waals surface area (Å²) in [6.45, 7) is 6.68. The van der Waals surface area contributed by atoms with Gasteiger partial charge in [-0.25, -0.2) is 9.59 Å².